The number of anilines is 2. The standard InChI is InChI=1S/C28H37FN6O/c1-20-7-3-11-24(29)26(20)34-15-6-10-23-25(18-34)31-28(36-19-22-9-5-14-33(22)2)32-27(23)35-16-4-8-21(17-35)12-13-30/h3,7,11,21-22H,4-6,8-10,12,14-19H2,1-2H3/t21-,22-/m0/s1. The van der Waals surface area contributed by atoms with Crippen molar-refractivity contribution in [3.63, 3.8) is 0 Å². The van der Waals surface area contributed by atoms with Crippen molar-refractivity contribution in [2.75, 3.05) is 49.6 Å². The fourth-order valence-electron chi connectivity index (χ4n) is 6.04. The number of halogens is 1. The Morgan fingerprint density at radius 3 is 2.72 bits per heavy atom. The number of hydrogen-bond donors (Lipinski definition) is 0. The number of hydrogen-bond acceptors (Lipinski definition) is 7. The highest BCUT2D eigenvalue weighted by Gasteiger charge is 2.29. The lowest BCUT2D eigenvalue weighted by Gasteiger charge is -2.34. The molecule has 0 radical (unpaired) electrons. The summed E-state index contributed by atoms with van der Waals surface area (Å²) in [5.41, 5.74) is 3.67. The first-order valence-electron chi connectivity index (χ1n) is 13.4. The van der Waals surface area contributed by atoms with Gasteiger partial charge in [-0.25, -0.2) is 4.39 Å². The molecule has 3 aliphatic rings. The minimum absolute atomic E-state index is 0.191. The van der Waals surface area contributed by atoms with Crippen LogP contribution in [0.25, 0.3) is 0 Å². The van der Waals surface area contributed by atoms with Crippen molar-refractivity contribution in [2.24, 2.45) is 5.92 Å². The third kappa shape index (κ3) is 5.27. The van der Waals surface area contributed by atoms with Gasteiger partial charge in [-0.1, -0.05) is 12.1 Å². The zero-order valence-electron chi connectivity index (χ0n) is 21.5. The van der Waals surface area contributed by atoms with Gasteiger partial charge in [0, 0.05) is 37.7 Å². The van der Waals surface area contributed by atoms with Crippen molar-refractivity contribution in [3.05, 3.63) is 40.8 Å². The molecule has 0 N–H and O–H groups in total. The van der Waals surface area contributed by atoms with E-state index in [0.29, 0.717) is 43.2 Å². The predicted octanol–water partition coefficient (Wildman–Crippen LogP) is 4.48. The number of rotatable bonds is 6. The molecule has 8 heteroatoms. The van der Waals surface area contributed by atoms with Gasteiger partial charge < -0.3 is 19.4 Å². The lowest BCUT2D eigenvalue weighted by molar-refractivity contribution is 0.187. The number of nitriles is 1. The van der Waals surface area contributed by atoms with E-state index in [4.69, 9.17) is 14.7 Å². The van der Waals surface area contributed by atoms with Crippen LogP contribution in [-0.2, 0) is 13.0 Å². The van der Waals surface area contributed by atoms with Gasteiger partial charge in [-0.05, 0) is 76.6 Å². The molecule has 0 spiro atoms. The third-order valence-corrected chi connectivity index (χ3v) is 8.03. The molecule has 3 aliphatic heterocycles. The molecular formula is C28H37FN6O. The first-order valence-corrected chi connectivity index (χ1v) is 13.4. The molecule has 0 unspecified atom stereocenters. The van der Waals surface area contributed by atoms with Crippen LogP contribution in [0.5, 0.6) is 6.01 Å². The number of benzene rings is 1. The maximum absolute atomic E-state index is 14.9. The predicted molar refractivity (Wildman–Crippen MR) is 139 cm³/mol. The van der Waals surface area contributed by atoms with Crippen LogP contribution in [0.1, 0.15) is 55.3 Å². The zero-order valence-corrected chi connectivity index (χ0v) is 21.5. The van der Waals surface area contributed by atoms with Crippen molar-refractivity contribution in [3.8, 4) is 12.1 Å². The van der Waals surface area contributed by atoms with Crippen LogP contribution in [0.4, 0.5) is 15.9 Å². The summed E-state index contributed by atoms with van der Waals surface area (Å²) in [6, 6.07) is 8.41. The maximum atomic E-state index is 14.9. The minimum atomic E-state index is -0.191. The number of likely N-dealkylation sites (tertiary alicyclic amines) is 1. The monoisotopic (exact) mass is 492 g/mol. The van der Waals surface area contributed by atoms with Gasteiger partial charge in [-0.3, -0.25) is 0 Å². The van der Waals surface area contributed by atoms with E-state index < -0.39 is 0 Å². The van der Waals surface area contributed by atoms with Crippen LogP contribution in [0.2, 0.25) is 0 Å². The van der Waals surface area contributed by atoms with E-state index in [2.05, 4.69) is 27.8 Å². The van der Waals surface area contributed by atoms with Crippen molar-refractivity contribution in [1.82, 2.24) is 14.9 Å². The van der Waals surface area contributed by atoms with Crippen LogP contribution in [0.15, 0.2) is 18.2 Å². The van der Waals surface area contributed by atoms with Gasteiger partial charge in [-0.15, -0.1) is 0 Å². The minimum Gasteiger partial charge on any atom is -0.462 e. The summed E-state index contributed by atoms with van der Waals surface area (Å²) in [6.07, 6.45) is 6.76. The van der Waals surface area contributed by atoms with Crippen molar-refractivity contribution < 1.29 is 9.13 Å². The van der Waals surface area contributed by atoms with Crippen LogP contribution >= 0.6 is 0 Å². The van der Waals surface area contributed by atoms with E-state index >= 15 is 0 Å². The summed E-state index contributed by atoms with van der Waals surface area (Å²) in [5, 5.41) is 9.27. The number of piperidine rings is 1. The van der Waals surface area contributed by atoms with Gasteiger partial charge >= 0.3 is 6.01 Å². The number of para-hydroxylation sites is 1. The van der Waals surface area contributed by atoms with E-state index in [9.17, 15) is 9.65 Å². The largest absolute Gasteiger partial charge is 0.462 e. The van der Waals surface area contributed by atoms with E-state index in [-0.39, 0.29) is 5.82 Å². The summed E-state index contributed by atoms with van der Waals surface area (Å²) < 4.78 is 21.1. The summed E-state index contributed by atoms with van der Waals surface area (Å²) >= 11 is 0. The van der Waals surface area contributed by atoms with Gasteiger partial charge in [0.05, 0.1) is 24.0 Å². The molecule has 36 heavy (non-hydrogen) atoms. The number of nitrogens with zero attached hydrogens (tertiary/aromatic N) is 6. The molecule has 1 aromatic heterocycles. The third-order valence-electron chi connectivity index (χ3n) is 8.03. The van der Waals surface area contributed by atoms with Gasteiger partial charge in [-0.2, -0.15) is 15.2 Å². The smallest absolute Gasteiger partial charge is 0.318 e. The number of aromatic nitrogens is 2. The molecule has 0 bridgehead atoms. The van der Waals surface area contributed by atoms with E-state index in [1.807, 2.05) is 13.0 Å². The highest BCUT2D eigenvalue weighted by molar-refractivity contribution is 5.57. The molecule has 4 heterocycles. The Kier molecular flexibility index (Phi) is 7.56. The molecule has 192 valence electrons. The van der Waals surface area contributed by atoms with Crippen LogP contribution in [0, 0.1) is 30.0 Å². The summed E-state index contributed by atoms with van der Waals surface area (Å²) in [7, 11) is 2.14. The molecule has 2 fully saturated rings. The highest BCUT2D eigenvalue weighted by Crippen LogP contribution is 2.34. The SMILES string of the molecule is Cc1cccc(F)c1N1CCCc2c(nc(OC[C@@H]3CCCN3C)nc2N2CCC[C@@H](CC#N)C2)C1. The Morgan fingerprint density at radius 1 is 1.11 bits per heavy atom. The molecule has 0 aliphatic carbocycles. The second-order valence-corrected chi connectivity index (χ2v) is 10.6. The second-order valence-electron chi connectivity index (χ2n) is 10.6. The molecule has 2 saturated heterocycles. The Labute approximate surface area is 213 Å². The Bertz CT molecular complexity index is 1100. The molecule has 1 aromatic carbocycles. The number of ether oxygens (including phenoxy) is 1. The van der Waals surface area contributed by atoms with Gasteiger partial charge in [0.15, 0.2) is 0 Å². The van der Waals surface area contributed by atoms with Crippen molar-refractivity contribution in [1.29, 1.82) is 5.26 Å². The van der Waals surface area contributed by atoms with Crippen LogP contribution in [-0.4, -0.2) is 60.7 Å². The van der Waals surface area contributed by atoms with Crippen molar-refractivity contribution in [2.45, 2.75) is 64.5 Å². The molecule has 5 rings (SSSR count). The second kappa shape index (κ2) is 11.0. The molecule has 7 nitrogen and oxygen atoms in total. The molecular weight excluding hydrogens is 455 g/mol. The zero-order chi connectivity index (χ0) is 25.1. The molecule has 2 atom stereocenters. The fourth-order valence-corrected chi connectivity index (χ4v) is 6.04. The quantitative estimate of drug-likeness (QED) is 0.589. The van der Waals surface area contributed by atoms with E-state index in [1.54, 1.807) is 6.07 Å². The fraction of sp³-hybridized carbons (Fsp3) is 0.607. The first kappa shape index (κ1) is 24.8. The average molecular weight is 493 g/mol. The Balaban J connectivity index is 1.48. The van der Waals surface area contributed by atoms with E-state index in [1.165, 1.54) is 12.5 Å². The molecule has 0 amide bonds. The summed E-state index contributed by atoms with van der Waals surface area (Å²) in [6.45, 7) is 6.67. The summed E-state index contributed by atoms with van der Waals surface area (Å²) in [5.74, 6) is 1.11. The summed E-state index contributed by atoms with van der Waals surface area (Å²) in [4.78, 5) is 16.7. The maximum Gasteiger partial charge on any atom is 0.318 e. The van der Waals surface area contributed by atoms with Crippen LogP contribution in [0.3, 0.4) is 0 Å². The normalized spacial score (nSPS) is 22.7. The number of aryl methyl sites for hydroxylation is 1. The number of fused-ring (bicyclic) bond motifs is 1. The lowest BCUT2D eigenvalue weighted by atomic mass is 9.95. The Morgan fingerprint density at radius 2 is 1.94 bits per heavy atom. The average Bonchev–Trinajstić information content (AvgIpc) is 3.16. The van der Waals surface area contributed by atoms with Crippen LogP contribution < -0.4 is 14.5 Å². The van der Waals surface area contributed by atoms with Gasteiger partial charge in [0.1, 0.15) is 18.2 Å². The number of likely N-dealkylation sites (N-methyl/N-ethyl adjacent to an activating group) is 1. The highest BCUT2D eigenvalue weighted by atomic mass is 19.1. The topological polar surface area (TPSA) is 68.5 Å². The van der Waals surface area contributed by atoms with Gasteiger partial charge in [0.25, 0.3) is 0 Å². The van der Waals surface area contributed by atoms with Gasteiger partial charge in [0.2, 0.25) is 0 Å². The van der Waals surface area contributed by atoms with E-state index in [0.717, 1.165) is 80.9 Å². The lowest BCUT2D eigenvalue weighted by Crippen LogP contribution is -2.37. The Hall–Kier alpha value is -2.92. The first-order chi connectivity index (χ1) is 17.5. The molecule has 2 aromatic rings. The molecule has 0 saturated carbocycles. The van der Waals surface area contributed by atoms with Crippen molar-refractivity contribution >= 4 is 11.5 Å².